The van der Waals surface area contributed by atoms with E-state index in [4.69, 9.17) is 37.0 Å². The Kier molecular flexibility index (Phi) is 72.8. The zero-order valence-electron chi connectivity index (χ0n) is 67.8. The molecule has 17 nitrogen and oxygen atoms in total. The van der Waals surface area contributed by atoms with Crippen molar-refractivity contribution < 1.29 is 80.2 Å². The fourth-order valence-corrected chi connectivity index (χ4v) is 14.6. The van der Waals surface area contributed by atoms with Crippen molar-refractivity contribution in [3.63, 3.8) is 0 Å². The monoisotopic (exact) mass is 1510 g/mol. The van der Waals surface area contributed by atoms with Crippen LogP contribution < -0.4 is 0 Å². The second kappa shape index (κ2) is 74.2. The molecule has 5 atom stereocenters. The first kappa shape index (κ1) is 101. The summed E-state index contributed by atoms with van der Waals surface area (Å²) in [5, 5.41) is 10.7. The van der Waals surface area contributed by atoms with Crippen LogP contribution >= 0.6 is 15.6 Å². The molecule has 0 aliphatic carbocycles. The Bertz CT molecular complexity index is 1990. The standard InChI is InChI=1S/C84H164O17P2/c1-8-9-10-11-12-13-14-15-16-17-21-24-27-30-37-44-51-58-65-81(86)94-71-79(100-83(88)67-60-53-46-38-31-28-25-22-19-18-20-23-26-29-34-41-48-55-62-75(2)3)73-98-102(90,91)96-69-78(85)70-97-103(92,93)99-74-80(101-84(89)68-61-54-47-40-33-36-43-50-57-64-77(6)7)72-95-82(87)66-59-52-45-39-32-35-42-49-56-63-76(4)5/h75-80,85H,8-74H2,1-7H3,(H,90,91)(H,92,93)/t78-,79-,80-/m1/s1. The Hall–Kier alpha value is -1.94. The summed E-state index contributed by atoms with van der Waals surface area (Å²) in [5.41, 5.74) is 0. The van der Waals surface area contributed by atoms with Gasteiger partial charge >= 0.3 is 39.5 Å². The second-order valence-electron chi connectivity index (χ2n) is 31.6. The number of phosphoric ester groups is 2. The van der Waals surface area contributed by atoms with E-state index in [1.165, 1.54) is 250 Å². The van der Waals surface area contributed by atoms with E-state index >= 15 is 0 Å². The molecule has 0 saturated heterocycles. The van der Waals surface area contributed by atoms with E-state index in [0.29, 0.717) is 25.7 Å². The number of phosphoric acid groups is 2. The minimum absolute atomic E-state index is 0.105. The van der Waals surface area contributed by atoms with Crippen molar-refractivity contribution in [1.82, 2.24) is 0 Å². The van der Waals surface area contributed by atoms with E-state index in [-0.39, 0.29) is 25.7 Å². The summed E-state index contributed by atoms with van der Waals surface area (Å²) in [6.45, 7) is 12.0. The van der Waals surface area contributed by atoms with E-state index < -0.39 is 97.5 Å². The number of carbonyl (C=O) groups is 4. The van der Waals surface area contributed by atoms with Gasteiger partial charge in [-0.05, 0) is 43.4 Å². The molecule has 2 unspecified atom stereocenters. The first-order valence-corrected chi connectivity index (χ1v) is 46.3. The number of carbonyl (C=O) groups excluding carboxylic acids is 4. The highest BCUT2D eigenvalue weighted by molar-refractivity contribution is 7.47. The van der Waals surface area contributed by atoms with Crippen LogP contribution in [0.1, 0.15) is 440 Å². The second-order valence-corrected chi connectivity index (χ2v) is 34.6. The molecule has 0 fully saturated rings. The number of rotatable bonds is 82. The van der Waals surface area contributed by atoms with Gasteiger partial charge < -0.3 is 33.8 Å². The summed E-state index contributed by atoms with van der Waals surface area (Å²) in [5.74, 6) is 0.192. The van der Waals surface area contributed by atoms with Gasteiger partial charge in [0.05, 0.1) is 26.4 Å². The highest BCUT2D eigenvalue weighted by Crippen LogP contribution is 2.45. The van der Waals surface area contributed by atoms with E-state index in [1.807, 2.05) is 0 Å². The van der Waals surface area contributed by atoms with Crippen LogP contribution in [0.3, 0.4) is 0 Å². The van der Waals surface area contributed by atoms with Gasteiger partial charge in [0.25, 0.3) is 0 Å². The normalized spacial score (nSPS) is 13.9. The molecule has 0 heterocycles. The molecule has 0 aliphatic heterocycles. The van der Waals surface area contributed by atoms with Gasteiger partial charge in [0.2, 0.25) is 0 Å². The summed E-state index contributed by atoms with van der Waals surface area (Å²) in [6, 6.07) is 0. The molecule has 0 radical (unpaired) electrons. The Labute approximate surface area is 632 Å². The van der Waals surface area contributed by atoms with Gasteiger partial charge in [-0.25, -0.2) is 9.13 Å². The number of esters is 4. The Morgan fingerprint density at radius 3 is 0.660 bits per heavy atom. The number of aliphatic hydroxyl groups is 1. The quantitative estimate of drug-likeness (QED) is 0.0222. The van der Waals surface area contributed by atoms with Gasteiger partial charge in [0, 0.05) is 25.7 Å². The molecule has 0 rings (SSSR count). The summed E-state index contributed by atoms with van der Waals surface area (Å²) < 4.78 is 68.8. The number of aliphatic hydroxyl groups excluding tert-OH is 1. The van der Waals surface area contributed by atoms with Crippen LogP contribution in [0.2, 0.25) is 0 Å². The minimum Gasteiger partial charge on any atom is -0.462 e. The number of ether oxygens (including phenoxy) is 4. The average molecular weight is 1510 g/mol. The largest absolute Gasteiger partial charge is 0.472 e. The van der Waals surface area contributed by atoms with E-state index in [1.54, 1.807) is 0 Å². The van der Waals surface area contributed by atoms with Crippen LogP contribution in [0.25, 0.3) is 0 Å². The topological polar surface area (TPSA) is 237 Å². The highest BCUT2D eigenvalue weighted by atomic mass is 31.2. The Balaban J connectivity index is 5.23. The molecular weight excluding hydrogens is 1340 g/mol. The van der Waals surface area contributed by atoms with Crippen LogP contribution in [0.15, 0.2) is 0 Å². The summed E-state index contributed by atoms with van der Waals surface area (Å²) in [4.78, 5) is 73.1. The predicted octanol–water partition coefficient (Wildman–Crippen LogP) is 25.3. The zero-order chi connectivity index (χ0) is 75.8. The maximum atomic E-state index is 13.1. The van der Waals surface area contributed by atoms with Gasteiger partial charge in [-0.3, -0.25) is 37.3 Å². The lowest BCUT2D eigenvalue weighted by atomic mass is 10.0. The van der Waals surface area contributed by atoms with E-state index in [2.05, 4.69) is 48.5 Å². The molecule has 0 saturated carbocycles. The third-order valence-electron chi connectivity index (χ3n) is 19.6. The van der Waals surface area contributed by atoms with Crippen molar-refractivity contribution in [1.29, 1.82) is 0 Å². The number of unbranched alkanes of at least 4 members (excludes halogenated alkanes) is 50. The minimum atomic E-state index is -4.96. The summed E-state index contributed by atoms with van der Waals surface area (Å²) >= 11 is 0. The Morgan fingerprint density at radius 1 is 0.262 bits per heavy atom. The van der Waals surface area contributed by atoms with Crippen LogP contribution in [0.4, 0.5) is 0 Å². The van der Waals surface area contributed by atoms with Gasteiger partial charge in [-0.2, -0.15) is 0 Å². The SMILES string of the molecule is CCCCCCCCCCCCCCCCCCCCC(=O)OC[C@H](COP(=O)(O)OC[C@@H](O)COP(=O)(O)OC[C@@H](COC(=O)CCCCCCCCCCCC(C)C)OC(=O)CCCCCCCCCCCC(C)C)OC(=O)CCCCCCCCCCCCCCCCCCCCC(C)C. The van der Waals surface area contributed by atoms with Crippen molar-refractivity contribution in [2.75, 3.05) is 39.6 Å². The van der Waals surface area contributed by atoms with Crippen LogP contribution in [-0.4, -0.2) is 96.7 Å². The van der Waals surface area contributed by atoms with E-state index in [9.17, 15) is 43.2 Å². The third-order valence-corrected chi connectivity index (χ3v) is 21.5. The highest BCUT2D eigenvalue weighted by Gasteiger charge is 2.30. The summed E-state index contributed by atoms with van der Waals surface area (Å²) in [6.07, 6.45) is 64.0. The molecule has 0 amide bonds. The van der Waals surface area contributed by atoms with Crippen LogP contribution in [0.5, 0.6) is 0 Å². The first-order chi connectivity index (χ1) is 49.7. The molecule has 0 aliphatic rings. The molecular formula is C84H164O17P2. The number of hydrogen-bond acceptors (Lipinski definition) is 15. The van der Waals surface area contributed by atoms with Crippen molar-refractivity contribution in [2.24, 2.45) is 17.8 Å². The predicted molar refractivity (Wildman–Crippen MR) is 423 cm³/mol. The molecule has 0 aromatic carbocycles. The van der Waals surface area contributed by atoms with Crippen molar-refractivity contribution in [2.45, 2.75) is 458 Å². The molecule has 3 N–H and O–H groups in total. The van der Waals surface area contributed by atoms with Crippen molar-refractivity contribution in [3.05, 3.63) is 0 Å². The van der Waals surface area contributed by atoms with Gasteiger partial charge in [-0.1, -0.05) is 389 Å². The molecule has 0 spiro atoms. The van der Waals surface area contributed by atoms with Gasteiger partial charge in [0.1, 0.15) is 19.3 Å². The molecule has 0 aromatic heterocycles. The average Bonchev–Trinajstić information content (AvgIpc) is 0.906. The zero-order valence-corrected chi connectivity index (χ0v) is 69.6. The molecule has 612 valence electrons. The van der Waals surface area contributed by atoms with Gasteiger partial charge in [0.15, 0.2) is 12.2 Å². The molecule has 0 aromatic rings. The first-order valence-electron chi connectivity index (χ1n) is 43.3. The lowest BCUT2D eigenvalue weighted by molar-refractivity contribution is -0.161. The smallest absolute Gasteiger partial charge is 0.462 e. The molecule has 19 heteroatoms. The lowest BCUT2D eigenvalue weighted by Crippen LogP contribution is -2.30. The van der Waals surface area contributed by atoms with Gasteiger partial charge in [-0.15, -0.1) is 0 Å². The maximum absolute atomic E-state index is 13.1. The fraction of sp³-hybridized carbons (Fsp3) is 0.952. The Morgan fingerprint density at radius 2 is 0.447 bits per heavy atom. The molecule has 103 heavy (non-hydrogen) atoms. The van der Waals surface area contributed by atoms with Crippen LogP contribution in [0, 0.1) is 17.8 Å². The van der Waals surface area contributed by atoms with Crippen LogP contribution in [-0.2, 0) is 65.4 Å². The van der Waals surface area contributed by atoms with E-state index in [0.717, 1.165) is 108 Å². The lowest BCUT2D eigenvalue weighted by Gasteiger charge is -2.21. The van der Waals surface area contributed by atoms with Crippen molar-refractivity contribution >= 4 is 39.5 Å². The third kappa shape index (κ3) is 78.0. The summed E-state index contributed by atoms with van der Waals surface area (Å²) in [7, 11) is -9.92. The fourth-order valence-electron chi connectivity index (χ4n) is 13.0. The van der Waals surface area contributed by atoms with Crippen molar-refractivity contribution in [3.8, 4) is 0 Å². The number of hydrogen-bond donors (Lipinski definition) is 3. The molecule has 0 bridgehead atoms. The maximum Gasteiger partial charge on any atom is 0.472 e.